The van der Waals surface area contributed by atoms with Crippen LogP contribution in [-0.2, 0) is 22.7 Å². The summed E-state index contributed by atoms with van der Waals surface area (Å²) in [5.41, 5.74) is 8.69. The van der Waals surface area contributed by atoms with Crippen LogP contribution in [0, 0.1) is 5.82 Å². The van der Waals surface area contributed by atoms with E-state index in [2.05, 4.69) is 16.1 Å². The molecule has 1 saturated heterocycles. The van der Waals surface area contributed by atoms with E-state index in [9.17, 15) is 4.39 Å². The van der Waals surface area contributed by atoms with E-state index in [0.717, 1.165) is 38.4 Å². The zero-order chi connectivity index (χ0) is 17.5. The second-order valence-corrected chi connectivity index (χ2v) is 5.97. The number of rotatable bonds is 6. The Labute approximate surface area is 146 Å². The van der Waals surface area contributed by atoms with Gasteiger partial charge in [0.2, 0.25) is 0 Å². The number of hydrogen-bond donors (Lipinski definition) is 1. The van der Waals surface area contributed by atoms with Gasteiger partial charge in [0.15, 0.2) is 5.84 Å². The third-order valence-electron chi connectivity index (χ3n) is 4.02. The maximum absolute atomic E-state index is 13.1. The summed E-state index contributed by atoms with van der Waals surface area (Å²) < 4.78 is 18.5. The largest absolute Gasteiger partial charge is 0.389 e. The molecule has 0 atom stereocenters. The number of halogens is 1. The van der Waals surface area contributed by atoms with Gasteiger partial charge in [-0.3, -0.25) is 4.90 Å². The summed E-state index contributed by atoms with van der Waals surface area (Å²) >= 11 is 0. The normalized spacial score (nSPS) is 16.0. The Kier molecular flexibility index (Phi) is 5.98. The first-order chi connectivity index (χ1) is 12.2. The fourth-order valence-electron chi connectivity index (χ4n) is 2.70. The second kappa shape index (κ2) is 8.60. The van der Waals surface area contributed by atoms with Crippen LogP contribution >= 0.6 is 0 Å². The summed E-state index contributed by atoms with van der Waals surface area (Å²) in [6.45, 7) is 4.45. The zero-order valence-electron chi connectivity index (χ0n) is 14.0. The number of hydrogen-bond acceptors (Lipinski definition) is 4. The lowest BCUT2D eigenvalue weighted by atomic mass is 10.1. The molecule has 6 heteroatoms. The fourth-order valence-corrected chi connectivity index (χ4v) is 2.70. The molecule has 25 heavy (non-hydrogen) atoms. The summed E-state index contributed by atoms with van der Waals surface area (Å²) in [6, 6.07) is 14.1. The van der Waals surface area contributed by atoms with Crippen molar-refractivity contribution in [2.45, 2.75) is 13.2 Å². The third-order valence-corrected chi connectivity index (χ3v) is 4.02. The number of amidine groups is 1. The zero-order valence-corrected chi connectivity index (χ0v) is 14.0. The summed E-state index contributed by atoms with van der Waals surface area (Å²) in [4.78, 5) is 7.59. The molecule has 0 amide bonds. The third kappa shape index (κ3) is 5.27. The van der Waals surface area contributed by atoms with E-state index < -0.39 is 0 Å². The van der Waals surface area contributed by atoms with Crippen molar-refractivity contribution in [2.75, 3.05) is 26.3 Å². The van der Waals surface area contributed by atoms with Crippen molar-refractivity contribution < 1.29 is 14.0 Å². The monoisotopic (exact) mass is 343 g/mol. The van der Waals surface area contributed by atoms with Gasteiger partial charge in [0.05, 0.1) is 13.2 Å². The van der Waals surface area contributed by atoms with Crippen LogP contribution < -0.4 is 5.73 Å². The molecule has 2 aromatic carbocycles. The number of ether oxygens (including phenoxy) is 1. The highest BCUT2D eigenvalue weighted by Gasteiger charge is 2.11. The molecule has 2 N–H and O–H groups in total. The van der Waals surface area contributed by atoms with E-state index in [0.29, 0.717) is 11.4 Å². The Morgan fingerprint density at radius 1 is 1.12 bits per heavy atom. The van der Waals surface area contributed by atoms with E-state index in [1.54, 1.807) is 12.1 Å². The quantitative estimate of drug-likeness (QED) is 0.497. The molecular formula is C19H22FN3O2. The average Bonchev–Trinajstić information content (AvgIpc) is 2.63. The highest BCUT2D eigenvalue weighted by Crippen LogP contribution is 2.11. The topological polar surface area (TPSA) is 60.1 Å². The number of nitrogens with two attached hydrogens (primary N) is 1. The minimum atomic E-state index is -0.297. The van der Waals surface area contributed by atoms with Gasteiger partial charge in [-0.25, -0.2) is 4.39 Å². The Morgan fingerprint density at radius 3 is 2.68 bits per heavy atom. The predicted octanol–water partition coefficient (Wildman–Crippen LogP) is 2.50. The van der Waals surface area contributed by atoms with Crippen molar-refractivity contribution in [3.63, 3.8) is 0 Å². The summed E-state index contributed by atoms with van der Waals surface area (Å²) in [6.07, 6.45) is 0. The molecule has 0 aliphatic carbocycles. The van der Waals surface area contributed by atoms with E-state index in [1.165, 1.54) is 17.7 Å². The lowest BCUT2D eigenvalue weighted by Crippen LogP contribution is -2.35. The van der Waals surface area contributed by atoms with Crippen molar-refractivity contribution in [3.8, 4) is 0 Å². The molecule has 0 radical (unpaired) electrons. The Balaban J connectivity index is 1.59. The van der Waals surface area contributed by atoms with Crippen molar-refractivity contribution in [1.29, 1.82) is 0 Å². The van der Waals surface area contributed by atoms with Gasteiger partial charge in [0.1, 0.15) is 12.4 Å². The molecule has 2 aromatic rings. The molecule has 0 spiro atoms. The van der Waals surface area contributed by atoms with Crippen LogP contribution in [0.25, 0.3) is 0 Å². The maximum Gasteiger partial charge on any atom is 0.170 e. The standard InChI is InChI=1S/C19H22FN3O2/c20-18-6-2-4-16(12-18)14-25-22-19(21)17-5-1-3-15(11-17)13-23-7-9-24-10-8-23/h1-6,11-12H,7-10,13-14H2,(H2,21,22). The lowest BCUT2D eigenvalue weighted by molar-refractivity contribution is 0.0342. The first-order valence-corrected chi connectivity index (χ1v) is 8.30. The van der Waals surface area contributed by atoms with E-state index in [4.69, 9.17) is 15.3 Å². The number of oxime groups is 1. The van der Waals surface area contributed by atoms with Gasteiger partial charge in [-0.1, -0.05) is 35.5 Å². The van der Waals surface area contributed by atoms with Gasteiger partial charge in [0.25, 0.3) is 0 Å². The van der Waals surface area contributed by atoms with Crippen LogP contribution in [0.2, 0.25) is 0 Å². The molecule has 5 nitrogen and oxygen atoms in total. The molecule has 0 bridgehead atoms. The molecule has 1 heterocycles. The first kappa shape index (κ1) is 17.4. The summed E-state index contributed by atoms with van der Waals surface area (Å²) in [5.74, 6) is 0.00842. The molecule has 0 unspecified atom stereocenters. The Bertz CT molecular complexity index is 730. The first-order valence-electron chi connectivity index (χ1n) is 8.30. The Hall–Kier alpha value is -2.44. The van der Waals surface area contributed by atoms with E-state index >= 15 is 0 Å². The van der Waals surface area contributed by atoms with Crippen LogP contribution in [0.4, 0.5) is 4.39 Å². The summed E-state index contributed by atoms with van der Waals surface area (Å²) in [7, 11) is 0. The smallest absolute Gasteiger partial charge is 0.170 e. The minimum Gasteiger partial charge on any atom is -0.389 e. The van der Waals surface area contributed by atoms with Crippen molar-refractivity contribution in [2.24, 2.45) is 10.9 Å². The fraction of sp³-hybridized carbons (Fsp3) is 0.316. The highest BCUT2D eigenvalue weighted by atomic mass is 19.1. The molecule has 3 rings (SSSR count). The van der Waals surface area contributed by atoms with Gasteiger partial charge < -0.3 is 15.3 Å². The molecule has 0 aromatic heterocycles. The van der Waals surface area contributed by atoms with Gasteiger partial charge in [0, 0.05) is 25.2 Å². The molecule has 1 aliphatic rings. The molecule has 132 valence electrons. The van der Waals surface area contributed by atoms with Crippen LogP contribution in [-0.4, -0.2) is 37.0 Å². The van der Waals surface area contributed by atoms with Crippen molar-refractivity contribution in [3.05, 3.63) is 71.0 Å². The van der Waals surface area contributed by atoms with Gasteiger partial charge >= 0.3 is 0 Å². The molecule has 1 aliphatic heterocycles. The van der Waals surface area contributed by atoms with Crippen molar-refractivity contribution in [1.82, 2.24) is 4.90 Å². The molecule has 0 saturated carbocycles. The average molecular weight is 343 g/mol. The second-order valence-electron chi connectivity index (χ2n) is 5.97. The van der Waals surface area contributed by atoms with E-state index in [-0.39, 0.29) is 12.4 Å². The summed E-state index contributed by atoms with van der Waals surface area (Å²) in [5, 5.41) is 3.95. The number of nitrogens with zero attached hydrogens (tertiary/aromatic N) is 2. The van der Waals surface area contributed by atoms with Gasteiger partial charge in [-0.2, -0.15) is 0 Å². The van der Waals surface area contributed by atoms with Crippen LogP contribution in [0.1, 0.15) is 16.7 Å². The van der Waals surface area contributed by atoms with E-state index in [1.807, 2.05) is 18.2 Å². The van der Waals surface area contributed by atoms with Crippen LogP contribution in [0.5, 0.6) is 0 Å². The predicted molar refractivity (Wildman–Crippen MR) is 94.5 cm³/mol. The Morgan fingerprint density at radius 2 is 1.88 bits per heavy atom. The molecule has 1 fully saturated rings. The number of benzene rings is 2. The number of morpholine rings is 1. The van der Waals surface area contributed by atoms with Crippen molar-refractivity contribution >= 4 is 5.84 Å². The maximum atomic E-state index is 13.1. The van der Waals surface area contributed by atoms with Crippen LogP contribution in [0.3, 0.4) is 0 Å². The lowest BCUT2D eigenvalue weighted by Gasteiger charge is -2.26. The highest BCUT2D eigenvalue weighted by molar-refractivity contribution is 5.97. The van der Waals surface area contributed by atoms with Crippen LogP contribution in [0.15, 0.2) is 53.7 Å². The minimum absolute atomic E-state index is 0.173. The van der Waals surface area contributed by atoms with Gasteiger partial charge in [-0.05, 0) is 29.3 Å². The molecular weight excluding hydrogens is 321 g/mol. The van der Waals surface area contributed by atoms with Gasteiger partial charge in [-0.15, -0.1) is 0 Å². The SMILES string of the molecule is N/C(=N/OCc1cccc(F)c1)c1cccc(CN2CCOCC2)c1.